The number of carbonyl (C=O) groups is 2. The molecule has 6 heteroatoms. The lowest BCUT2D eigenvalue weighted by Crippen LogP contribution is -2.27. The second-order valence-corrected chi connectivity index (χ2v) is 5.94. The highest BCUT2D eigenvalue weighted by Crippen LogP contribution is 2.25. The average molecular weight is 322 g/mol. The summed E-state index contributed by atoms with van der Waals surface area (Å²) in [5.74, 6) is -0.329. The lowest BCUT2D eigenvalue weighted by Gasteiger charge is -2.09. The summed E-state index contributed by atoms with van der Waals surface area (Å²) in [7, 11) is 3.98. The maximum absolute atomic E-state index is 12.4. The van der Waals surface area contributed by atoms with E-state index < -0.39 is 0 Å². The van der Waals surface area contributed by atoms with Crippen molar-refractivity contribution in [2.75, 3.05) is 27.2 Å². The number of hydrogen-bond donors (Lipinski definition) is 1. The molecule has 0 unspecified atom stereocenters. The maximum Gasteiger partial charge on any atom is 0.253 e. The van der Waals surface area contributed by atoms with E-state index in [1.165, 1.54) is 11.5 Å². The summed E-state index contributed by atoms with van der Waals surface area (Å²) < 4.78 is 1.47. The van der Waals surface area contributed by atoms with Crippen molar-refractivity contribution in [3.8, 4) is 0 Å². The highest BCUT2D eigenvalue weighted by atomic mass is 35.5. The second-order valence-electron chi connectivity index (χ2n) is 5.51. The van der Waals surface area contributed by atoms with E-state index in [1.807, 2.05) is 14.1 Å². The van der Waals surface area contributed by atoms with Crippen LogP contribution in [0.15, 0.2) is 24.4 Å². The molecule has 1 aromatic heterocycles. The molecular weight excluding hydrogens is 302 g/mol. The first-order valence-electron chi connectivity index (χ1n) is 7.14. The molecule has 0 spiro atoms. The molecule has 0 bridgehead atoms. The van der Waals surface area contributed by atoms with Gasteiger partial charge in [0.25, 0.3) is 5.91 Å². The quantitative estimate of drug-likeness (QED) is 0.861. The van der Waals surface area contributed by atoms with Gasteiger partial charge >= 0.3 is 0 Å². The van der Waals surface area contributed by atoms with E-state index >= 15 is 0 Å². The highest BCUT2D eigenvalue weighted by Gasteiger charge is 2.16. The predicted octanol–water partition coefficient (Wildman–Crippen LogP) is 2.64. The normalized spacial score (nSPS) is 11.1. The van der Waals surface area contributed by atoms with Crippen molar-refractivity contribution in [3.05, 3.63) is 35.0 Å². The molecule has 0 aliphatic heterocycles. The van der Waals surface area contributed by atoms with Crippen LogP contribution in [0.3, 0.4) is 0 Å². The highest BCUT2D eigenvalue weighted by molar-refractivity contribution is 6.31. The van der Waals surface area contributed by atoms with Crippen LogP contribution in [0.5, 0.6) is 0 Å². The molecule has 118 valence electrons. The molecule has 0 aliphatic carbocycles. The zero-order valence-corrected chi connectivity index (χ0v) is 13.8. The zero-order valence-electron chi connectivity index (χ0n) is 13.0. The Morgan fingerprint density at radius 1 is 1.32 bits per heavy atom. The van der Waals surface area contributed by atoms with Gasteiger partial charge in [-0.3, -0.25) is 14.2 Å². The third-order valence-electron chi connectivity index (χ3n) is 3.42. The van der Waals surface area contributed by atoms with Crippen molar-refractivity contribution >= 4 is 34.3 Å². The summed E-state index contributed by atoms with van der Waals surface area (Å²) in [5.41, 5.74) is 1.16. The van der Waals surface area contributed by atoms with E-state index in [-0.39, 0.29) is 11.8 Å². The van der Waals surface area contributed by atoms with Crippen molar-refractivity contribution in [2.24, 2.45) is 0 Å². The molecule has 0 radical (unpaired) electrons. The largest absolute Gasteiger partial charge is 0.352 e. The van der Waals surface area contributed by atoms with E-state index in [1.54, 1.807) is 24.4 Å². The Hall–Kier alpha value is -1.85. The van der Waals surface area contributed by atoms with Gasteiger partial charge in [0.1, 0.15) is 0 Å². The van der Waals surface area contributed by atoms with Crippen LogP contribution in [-0.2, 0) is 0 Å². The third kappa shape index (κ3) is 3.67. The molecule has 2 rings (SSSR count). The van der Waals surface area contributed by atoms with Gasteiger partial charge in [-0.15, -0.1) is 0 Å². The molecule has 22 heavy (non-hydrogen) atoms. The molecule has 2 aromatic rings. The number of rotatable bonds is 5. The number of nitrogens with one attached hydrogen (secondary N) is 1. The Morgan fingerprint density at radius 2 is 2.05 bits per heavy atom. The summed E-state index contributed by atoms with van der Waals surface area (Å²) in [4.78, 5) is 26.1. The Labute approximate surface area is 134 Å². The smallest absolute Gasteiger partial charge is 0.253 e. The van der Waals surface area contributed by atoms with Crippen LogP contribution >= 0.6 is 11.6 Å². The van der Waals surface area contributed by atoms with Gasteiger partial charge < -0.3 is 10.2 Å². The fraction of sp³-hybridized carbons (Fsp3) is 0.375. The summed E-state index contributed by atoms with van der Waals surface area (Å²) in [6.07, 6.45) is 2.44. The molecule has 1 N–H and O–H groups in total. The van der Waals surface area contributed by atoms with Crippen LogP contribution in [-0.4, -0.2) is 48.5 Å². The zero-order chi connectivity index (χ0) is 16.3. The van der Waals surface area contributed by atoms with Crippen molar-refractivity contribution in [3.63, 3.8) is 0 Å². The summed E-state index contributed by atoms with van der Waals surface area (Å²) in [6.45, 7) is 2.96. The minimum Gasteiger partial charge on any atom is -0.352 e. The van der Waals surface area contributed by atoms with Gasteiger partial charge in [0.05, 0.1) is 11.1 Å². The number of carbonyl (C=O) groups excluding carboxylic acids is 2. The number of benzene rings is 1. The van der Waals surface area contributed by atoms with E-state index in [0.717, 1.165) is 13.0 Å². The van der Waals surface area contributed by atoms with Gasteiger partial charge in [-0.25, -0.2) is 0 Å². The molecule has 5 nitrogen and oxygen atoms in total. The van der Waals surface area contributed by atoms with Crippen LogP contribution < -0.4 is 5.32 Å². The van der Waals surface area contributed by atoms with E-state index in [2.05, 4.69) is 10.2 Å². The van der Waals surface area contributed by atoms with E-state index in [4.69, 9.17) is 11.6 Å². The first-order chi connectivity index (χ1) is 10.4. The fourth-order valence-corrected chi connectivity index (χ4v) is 2.51. The number of hydrogen-bond acceptors (Lipinski definition) is 3. The van der Waals surface area contributed by atoms with Gasteiger partial charge in [-0.1, -0.05) is 11.6 Å². The van der Waals surface area contributed by atoms with Gasteiger partial charge in [-0.2, -0.15) is 0 Å². The molecule has 1 amide bonds. The fourth-order valence-electron chi connectivity index (χ4n) is 2.34. The topological polar surface area (TPSA) is 54.3 Å². The van der Waals surface area contributed by atoms with Crippen molar-refractivity contribution in [2.45, 2.75) is 13.3 Å². The molecule has 0 aliphatic rings. The van der Waals surface area contributed by atoms with E-state index in [9.17, 15) is 9.59 Å². The van der Waals surface area contributed by atoms with Crippen LogP contribution in [0.25, 0.3) is 10.9 Å². The molecule has 1 aromatic carbocycles. The van der Waals surface area contributed by atoms with Crippen molar-refractivity contribution < 1.29 is 9.59 Å². The first-order valence-corrected chi connectivity index (χ1v) is 7.52. The van der Waals surface area contributed by atoms with Crippen LogP contribution in [0.1, 0.15) is 28.5 Å². The van der Waals surface area contributed by atoms with Gasteiger partial charge in [0.2, 0.25) is 5.91 Å². The summed E-state index contributed by atoms with van der Waals surface area (Å²) in [6, 6.07) is 5.18. The third-order valence-corrected chi connectivity index (χ3v) is 3.65. The number of nitrogens with zero attached hydrogens (tertiary/aromatic N) is 2. The van der Waals surface area contributed by atoms with Crippen LogP contribution in [0, 0.1) is 0 Å². The van der Waals surface area contributed by atoms with Crippen molar-refractivity contribution in [1.29, 1.82) is 0 Å². The monoisotopic (exact) mass is 321 g/mol. The van der Waals surface area contributed by atoms with E-state index in [0.29, 0.717) is 28.0 Å². The Kier molecular flexibility index (Phi) is 5.21. The minimum absolute atomic E-state index is 0.140. The molecule has 0 saturated carbocycles. The minimum atomic E-state index is -0.189. The van der Waals surface area contributed by atoms with Crippen LogP contribution in [0.4, 0.5) is 0 Å². The summed E-state index contributed by atoms with van der Waals surface area (Å²) in [5, 5.41) is 4.11. The standard InChI is InChI=1S/C16H20ClN3O2/c1-11(21)20-10-14(13-9-12(17)5-6-15(13)20)16(22)18-7-4-8-19(2)3/h5-6,9-10H,4,7-8H2,1-3H3,(H,18,22). The molecule has 1 heterocycles. The number of fused-ring (bicyclic) bond motifs is 1. The maximum atomic E-state index is 12.4. The van der Waals surface area contributed by atoms with Gasteiger partial charge in [-0.05, 0) is 45.3 Å². The summed E-state index contributed by atoms with van der Waals surface area (Å²) >= 11 is 6.01. The molecule has 0 saturated heterocycles. The number of aromatic nitrogens is 1. The van der Waals surface area contributed by atoms with Crippen molar-refractivity contribution in [1.82, 2.24) is 14.8 Å². The predicted molar refractivity (Wildman–Crippen MR) is 88.8 cm³/mol. The Morgan fingerprint density at radius 3 is 2.68 bits per heavy atom. The Bertz CT molecular complexity index is 707. The SMILES string of the molecule is CC(=O)n1cc(C(=O)NCCCN(C)C)c2cc(Cl)ccc21. The van der Waals surface area contributed by atoms with Gasteiger partial charge in [0, 0.05) is 30.1 Å². The Balaban J connectivity index is 2.24. The molecule has 0 fully saturated rings. The lowest BCUT2D eigenvalue weighted by atomic mass is 10.1. The number of amides is 1. The number of halogens is 1. The van der Waals surface area contributed by atoms with Gasteiger partial charge in [0.15, 0.2) is 0 Å². The first kappa shape index (κ1) is 16.5. The van der Waals surface area contributed by atoms with Crippen LogP contribution in [0.2, 0.25) is 5.02 Å². The molecular formula is C16H20ClN3O2. The second kappa shape index (κ2) is 6.94. The molecule has 0 atom stereocenters. The lowest BCUT2D eigenvalue weighted by molar-refractivity contribution is 0.0941. The average Bonchev–Trinajstić information content (AvgIpc) is 2.82.